The van der Waals surface area contributed by atoms with E-state index in [-0.39, 0.29) is 6.42 Å². The van der Waals surface area contributed by atoms with E-state index in [1.165, 1.54) is 0 Å². The number of hydrogen-bond donors (Lipinski definition) is 1. The van der Waals surface area contributed by atoms with Gasteiger partial charge in [0, 0.05) is 6.42 Å². The van der Waals surface area contributed by atoms with Gasteiger partial charge in [-0.3, -0.25) is 4.79 Å². The van der Waals surface area contributed by atoms with Crippen molar-refractivity contribution in [3.05, 3.63) is 65.2 Å². The number of aryl methyl sites for hydroxylation is 2. The Morgan fingerprint density at radius 3 is 2.57 bits per heavy atom. The molecule has 2 aromatic rings. The molecule has 0 bridgehead atoms. The van der Waals surface area contributed by atoms with E-state index in [1.54, 1.807) is 0 Å². The molecule has 0 amide bonds. The van der Waals surface area contributed by atoms with E-state index in [0.717, 1.165) is 28.9 Å². The average molecular weight is 284 g/mol. The van der Waals surface area contributed by atoms with Crippen molar-refractivity contribution in [3.63, 3.8) is 0 Å². The molecule has 0 aliphatic rings. The van der Waals surface area contributed by atoms with Gasteiger partial charge in [-0.1, -0.05) is 42.5 Å². The van der Waals surface area contributed by atoms with Crippen LogP contribution >= 0.6 is 0 Å². The Balaban J connectivity index is 1.96. The molecule has 0 spiro atoms. The molecule has 0 aromatic heterocycles. The summed E-state index contributed by atoms with van der Waals surface area (Å²) in [5.74, 6) is 0.120. The van der Waals surface area contributed by atoms with Gasteiger partial charge in [0.25, 0.3) is 0 Å². The molecular weight excluding hydrogens is 264 g/mol. The van der Waals surface area contributed by atoms with Crippen LogP contribution in [0.2, 0.25) is 0 Å². The Bertz CT molecular complexity index is 591. The molecule has 0 aliphatic heterocycles. The predicted octanol–water partition coefficient (Wildman–Crippen LogP) is 3.98. The molecule has 110 valence electrons. The monoisotopic (exact) mass is 284 g/mol. The van der Waals surface area contributed by atoms with Gasteiger partial charge in [0.05, 0.1) is 0 Å². The average Bonchev–Trinajstić information content (AvgIpc) is 2.48. The van der Waals surface area contributed by atoms with Crippen LogP contribution in [0.25, 0.3) is 0 Å². The van der Waals surface area contributed by atoms with Crippen molar-refractivity contribution in [2.24, 2.45) is 0 Å². The fourth-order valence-corrected chi connectivity index (χ4v) is 2.13. The van der Waals surface area contributed by atoms with Crippen LogP contribution in [0.1, 0.15) is 29.5 Å². The zero-order valence-electron chi connectivity index (χ0n) is 12.2. The molecule has 21 heavy (non-hydrogen) atoms. The van der Waals surface area contributed by atoms with Crippen LogP contribution in [-0.2, 0) is 17.8 Å². The van der Waals surface area contributed by atoms with Crippen molar-refractivity contribution in [1.82, 2.24) is 0 Å². The van der Waals surface area contributed by atoms with Gasteiger partial charge in [0.15, 0.2) is 0 Å². The topological polar surface area (TPSA) is 46.5 Å². The van der Waals surface area contributed by atoms with Crippen LogP contribution in [0.5, 0.6) is 5.75 Å². The van der Waals surface area contributed by atoms with Gasteiger partial charge in [-0.05, 0) is 42.5 Å². The SMILES string of the molecule is Cc1ccc(CCCC(=O)O)cc1OCc1ccccc1. The lowest BCUT2D eigenvalue weighted by Gasteiger charge is -2.11. The number of carboxylic acid groups (broad SMARTS) is 1. The van der Waals surface area contributed by atoms with E-state index in [0.29, 0.717) is 13.0 Å². The normalized spacial score (nSPS) is 10.3. The van der Waals surface area contributed by atoms with Crippen LogP contribution < -0.4 is 4.74 Å². The van der Waals surface area contributed by atoms with Gasteiger partial charge in [0.1, 0.15) is 12.4 Å². The first-order valence-electron chi connectivity index (χ1n) is 7.13. The van der Waals surface area contributed by atoms with Crippen LogP contribution in [0.4, 0.5) is 0 Å². The summed E-state index contributed by atoms with van der Waals surface area (Å²) >= 11 is 0. The van der Waals surface area contributed by atoms with Gasteiger partial charge in [-0.15, -0.1) is 0 Å². The summed E-state index contributed by atoms with van der Waals surface area (Å²) in [4.78, 5) is 10.5. The number of ether oxygens (including phenoxy) is 1. The lowest BCUT2D eigenvalue weighted by atomic mass is 10.1. The zero-order chi connectivity index (χ0) is 15.1. The van der Waals surface area contributed by atoms with Gasteiger partial charge in [-0.2, -0.15) is 0 Å². The van der Waals surface area contributed by atoms with E-state index >= 15 is 0 Å². The summed E-state index contributed by atoms with van der Waals surface area (Å²) in [6.45, 7) is 2.56. The predicted molar refractivity (Wildman–Crippen MR) is 82.5 cm³/mol. The maximum atomic E-state index is 10.5. The molecule has 0 saturated heterocycles. The zero-order valence-corrected chi connectivity index (χ0v) is 12.2. The third-order valence-electron chi connectivity index (χ3n) is 3.35. The number of hydrogen-bond acceptors (Lipinski definition) is 2. The van der Waals surface area contributed by atoms with E-state index in [1.807, 2.05) is 55.5 Å². The highest BCUT2D eigenvalue weighted by Crippen LogP contribution is 2.22. The molecule has 0 fully saturated rings. The highest BCUT2D eigenvalue weighted by Gasteiger charge is 2.04. The Morgan fingerprint density at radius 2 is 1.86 bits per heavy atom. The molecule has 0 heterocycles. The van der Waals surface area contributed by atoms with Crippen LogP contribution in [0.3, 0.4) is 0 Å². The van der Waals surface area contributed by atoms with Gasteiger partial charge < -0.3 is 9.84 Å². The first-order chi connectivity index (χ1) is 10.1. The maximum absolute atomic E-state index is 10.5. The number of rotatable bonds is 7. The Kier molecular flexibility index (Phi) is 5.38. The number of carboxylic acids is 1. The van der Waals surface area contributed by atoms with E-state index in [4.69, 9.17) is 9.84 Å². The van der Waals surface area contributed by atoms with Crippen molar-refractivity contribution in [1.29, 1.82) is 0 Å². The Labute approximate surface area is 125 Å². The van der Waals surface area contributed by atoms with Crippen LogP contribution in [0.15, 0.2) is 48.5 Å². The Morgan fingerprint density at radius 1 is 1.10 bits per heavy atom. The van der Waals surface area contributed by atoms with Gasteiger partial charge in [0.2, 0.25) is 0 Å². The third kappa shape index (κ3) is 4.95. The fourth-order valence-electron chi connectivity index (χ4n) is 2.13. The fraction of sp³-hybridized carbons (Fsp3) is 0.278. The minimum atomic E-state index is -0.748. The summed E-state index contributed by atoms with van der Waals surface area (Å²) in [6, 6.07) is 16.1. The molecule has 0 radical (unpaired) electrons. The quantitative estimate of drug-likeness (QED) is 0.836. The summed E-state index contributed by atoms with van der Waals surface area (Å²) in [5.41, 5.74) is 3.34. The lowest BCUT2D eigenvalue weighted by Crippen LogP contribution is -1.99. The van der Waals surface area contributed by atoms with Crippen molar-refractivity contribution in [2.75, 3.05) is 0 Å². The summed E-state index contributed by atoms with van der Waals surface area (Å²) in [6.07, 6.45) is 1.61. The molecule has 2 aromatic carbocycles. The molecule has 0 atom stereocenters. The maximum Gasteiger partial charge on any atom is 0.303 e. The van der Waals surface area contributed by atoms with Crippen molar-refractivity contribution in [2.45, 2.75) is 32.8 Å². The second-order valence-corrected chi connectivity index (χ2v) is 5.12. The highest BCUT2D eigenvalue weighted by atomic mass is 16.5. The first-order valence-corrected chi connectivity index (χ1v) is 7.13. The molecule has 1 N–H and O–H groups in total. The smallest absolute Gasteiger partial charge is 0.303 e. The molecule has 0 aliphatic carbocycles. The van der Waals surface area contributed by atoms with E-state index in [2.05, 4.69) is 0 Å². The number of benzene rings is 2. The minimum absolute atomic E-state index is 0.202. The van der Waals surface area contributed by atoms with Gasteiger partial charge in [-0.25, -0.2) is 0 Å². The van der Waals surface area contributed by atoms with Crippen molar-refractivity contribution >= 4 is 5.97 Å². The highest BCUT2D eigenvalue weighted by molar-refractivity contribution is 5.66. The Hall–Kier alpha value is -2.29. The molecular formula is C18H20O3. The van der Waals surface area contributed by atoms with E-state index < -0.39 is 5.97 Å². The summed E-state index contributed by atoms with van der Waals surface area (Å²) < 4.78 is 5.87. The second kappa shape index (κ2) is 7.48. The largest absolute Gasteiger partial charge is 0.489 e. The molecule has 2 rings (SSSR count). The van der Waals surface area contributed by atoms with Crippen molar-refractivity contribution in [3.8, 4) is 5.75 Å². The van der Waals surface area contributed by atoms with Crippen LogP contribution in [0, 0.1) is 6.92 Å². The molecule has 3 nitrogen and oxygen atoms in total. The van der Waals surface area contributed by atoms with Crippen LogP contribution in [-0.4, -0.2) is 11.1 Å². The number of aliphatic carboxylic acids is 1. The summed E-state index contributed by atoms with van der Waals surface area (Å²) in [5, 5.41) is 8.68. The minimum Gasteiger partial charge on any atom is -0.489 e. The second-order valence-electron chi connectivity index (χ2n) is 5.12. The lowest BCUT2D eigenvalue weighted by molar-refractivity contribution is -0.137. The van der Waals surface area contributed by atoms with Gasteiger partial charge >= 0.3 is 5.97 Å². The third-order valence-corrected chi connectivity index (χ3v) is 3.35. The standard InChI is InChI=1S/C18H20O3/c1-14-10-11-15(8-5-9-18(19)20)12-17(14)21-13-16-6-3-2-4-7-16/h2-4,6-7,10-12H,5,8-9,13H2,1H3,(H,19,20). The number of carbonyl (C=O) groups is 1. The molecule has 3 heteroatoms. The van der Waals surface area contributed by atoms with E-state index in [9.17, 15) is 4.79 Å². The summed E-state index contributed by atoms with van der Waals surface area (Å²) in [7, 11) is 0. The molecule has 0 unspecified atom stereocenters. The molecule has 0 saturated carbocycles. The first kappa shape index (κ1) is 15.1. The van der Waals surface area contributed by atoms with Crippen molar-refractivity contribution < 1.29 is 14.6 Å².